The van der Waals surface area contributed by atoms with E-state index < -0.39 is 92.0 Å². The molecule has 1 aliphatic heterocycles. The van der Waals surface area contributed by atoms with Gasteiger partial charge in [0.2, 0.25) is 0 Å². The minimum atomic E-state index is -1.47. The third-order valence-electron chi connectivity index (χ3n) is 11.1. The molecule has 1 aromatic rings. The van der Waals surface area contributed by atoms with E-state index in [9.17, 15) is 39.3 Å². The number of fused-ring (bicyclic) bond motifs is 1. The lowest BCUT2D eigenvalue weighted by atomic mass is 9.53. The second kappa shape index (κ2) is 11.1. The number of hydrogen-bond donors (Lipinski definition) is 3. The molecule has 0 spiro atoms. The van der Waals surface area contributed by atoms with Crippen LogP contribution < -0.4 is 4.74 Å². The van der Waals surface area contributed by atoms with E-state index in [-0.39, 0.29) is 45.5 Å². The lowest BCUT2D eigenvalue weighted by molar-refractivity contribution is -0.167. The Morgan fingerprint density at radius 1 is 0.766 bits per heavy atom. The Hall–Kier alpha value is -3.33. The number of hydrogen-bond acceptors (Lipinski definition) is 9. The number of aliphatic hydroxyl groups excluding tert-OH is 1. The van der Waals surface area contributed by atoms with Gasteiger partial charge in [-0.15, -0.1) is 0 Å². The average molecular weight is 653 g/mol. The molecule has 0 amide bonds. The van der Waals surface area contributed by atoms with Crippen molar-refractivity contribution in [3.8, 4) is 17.2 Å². The van der Waals surface area contributed by atoms with Crippen molar-refractivity contribution < 1.29 is 44.0 Å². The number of aromatic hydroxyl groups is 2. The first kappa shape index (κ1) is 36.5. The van der Waals surface area contributed by atoms with E-state index in [1.165, 1.54) is 13.8 Å². The van der Waals surface area contributed by atoms with Crippen LogP contribution in [0.4, 0.5) is 0 Å². The summed E-state index contributed by atoms with van der Waals surface area (Å²) in [7, 11) is 0. The van der Waals surface area contributed by atoms with Crippen molar-refractivity contribution in [1.82, 2.24) is 0 Å². The maximum atomic E-state index is 14.2. The molecule has 0 saturated heterocycles. The summed E-state index contributed by atoms with van der Waals surface area (Å²) in [6, 6.07) is 0. The van der Waals surface area contributed by atoms with Crippen molar-refractivity contribution in [3.05, 3.63) is 28.0 Å². The fraction of sp³-hybridized carbons (Fsp3) is 0.658. The van der Waals surface area contributed by atoms with E-state index in [2.05, 4.69) is 0 Å². The van der Waals surface area contributed by atoms with Crippen molar-refractivity contribution in [2.24, 2.45) is 45.3 Å². The van der Waals surface area contributed by atoms with Gasteiger partial charge in [-0.1, -0.05) is 55.4 Å². The Balaban J connectivity index is 2.19. The Kier molecular flexibility index (Phi) is 8.63. The number of rotatable bonds is 6. The van der Waals surface area contributed by atoms with Gasteiger partial charge in [0.05, 0.1) is 33.7 Å². The number of ketones is 5. The lowest BCUT2D eigenvalue weighted by Crippen LogP contribution is -2.61. The molecule has 3 N–H and O–H groups in total. The van der Waals surface area contributed by atoms with E-state index in [4.69, 9.17) is 4.74 Å². The van der Waals surface area contributed by atoms with Crippen molar-refractivity contribution in [2.75, 3.05) is 0 Å². The predicted molar refractivity (Wildman–Crippen MR) is 176 cm³/mol. The van der Waals surface area contributed by atoms with Gasteiger partial charge in [-0.2, -0.15) is 0 Å². The summed E-state index contributed by atoms with van der Waals surface area (Å²) in [5.41, 5.74) is -5.49. The molecule has 0 radical (unpaired) electrons. The maximum absolute atomic E-state index is 14.2. The van der Waals surface area contributed by atoms with Crippen molar-refractivity contribution in [1.29, 1.82) is 0 Å². The molecular formula is C38H52O9. The molecule has 9 heteroatoms. The Labute approximate surface area is 278 Å². The van der Waals surface area contributed by atoms with Gasteiger partial charge in [-0.05, 0) is 53.4 Å². The highest BCUT2D eigenvalue weighted by atomic mass is 16.5. The van der Waals surface area contributed by atoms with Crippen LogP contribution in [-0.2, 0) is 19.2 Å². The van der Waals surface area contributed by atoms with E-state index in [1.807, 2.05) is 13.8 Å². The summed E-state index contributed by atoms with van der Waals surface area (Å²) in [5, 5.41) is 36.3. The van der Waals surface area contributed by atoms with E-state index in [0.29, 0.717) is 0 Å². The SMILES string of the molecule is CC(C)C(=O)c1c(O)c(C(C(C)C)C2C(=O)C(C)(C)C(=O)C(C)(C)C2O)c(O)c2c1OC1=C(C(=O)C(C)(C)C(=O)C1(C)C)C2C(C)C. The summed E-state index contributed by atoms with van der Waals surface area (Å²) in [6.45, 7) is 23.2. The first-order valence-corrected chi connectivity index (χ1v) is 16.7. The van der Waals surface area contributed by atoms with Crippen LogP contribution in [0.5, 0.6) is 17.2 Å². The number of phenols is 2. The Morgan fingerprint density at radius 3 is 1.77 bits per heavy atom. The molecule has 0 bridgehead atoms. The fourth-order valence-corrected chi connectivity index (χ4v) is 8.46. The van der Waals surface area contributed by atoms with Gasteiger partial charge in [0.25, 0.3) is 0 Å². The number of allylic oxidation sites excluding steroid dienone is 2. The topological polar surface area (TPSA) is 155 Å². The van der Waals surface area contributed by atoms with Gasteiger partial charge in [0, 0.05) is 34.5 Å². The summed E-state index contributed by atoms with van der Waals surface area (Å²) in [6.07, 6.45) is -1.47. The first-order chi connectivity index (χ1) is 21.2. The summed E-state index contributed by atoms with van der Waals surface area (Å²) in [4.78, 5) is 69.5. The molecule has 1 heterocycles. The quantitative estimate of drug-likeness (QED) is 0.232. The Bertz CT molecular complexity index is 1630. The molecule has 4 rings (SSSR count). The second-order valence-corrected chi connectivity index (χ2v) is 17.0. The highest BCUT2D eigenvalue weighted by Crippen LogP contribution is 2.62. The Morgan fingerprint density at radius 2 is 1.30 bits per heavy atom. The zero-order valence-corrected chi connectivity index (χ0v) is 30.3. The van der Waals surface area contributed by atoms with E-state index >= 15 is 0 Å². The smallest absolute Gasteiger partial charge is 0.175 e. The minimum absolute atomic E-state index is 0.0858. The lowest BCUT2D eigenvalue weighted by Gasteiger charge is -2.49. The molecule has 0 aromatic heterocycles. The molecule has 4 unspecified atom stereocenters. The molecule has 1 fully saturated rings. The minimum Gasteiger partial charge on any atom is -0.507 e. The fourth-order valence-electron chi connectivity index (χ4n) is 8.46. The van der Waals surface area contributed by atoms with Gasteiger partial charge in [0.1, 0.15) is 28.6 Å². The summed E-state index contributed by atoms with van der Waals surface area (Å²) >= 11 is 0. The van der Waals surface area contributed by atoms with Gasteiger partial charge in [0.15, 0.2) is 28.9 Å². The zero-order chi connectivity index (χ0) is 36.3. The number of ether oxygens (including phenoxy) is 1. The van der Waals surface area contributed by atoms with E-state index in [0.717, 1.165) is 0 Å². The van der Waals surface area contributed by atoms with Crippen LogP contribution in [0, 0.1) is 45.3 Å². The van der Waals surface area contributed by atoms with Crippen molar-refractivity contribution in [2.45, 2.75) is 115 Å². The van der Waals surface area contributed by atoms with Crippen LogP contribution in [0.2, 0.25) is 0 Å². The van der Waals surface area contributed by atoms with Crippen LogP contribution in [0.25, 0.3) is 0 Å². The number of phenolic OH excluding ortho intramolecular Hbond substituents is 2. The molecule has 1 aromatic carbocycles. The van der Waals surface area contributed by atoms with Gasteiger partial charge in [-0.25, -0.2) is 0 Å². The summed E-state index contributed by atoms with van der Waals surface area (Å²) < 4.78 is 6.43. The van der Waals surface area contributed by atoms with Gasteiger partial charge in [-0.3, -0.25) is 24.0 Å². The molecular weight excluding hydrogens is 600 g/mol. The standard InChI is InChI=1S/C38H52O9/c1-15(2)18(22-29(42)35(7,8)33(45)36(9,10)30(22)43)20-26(40)21-19(16(3)4)23-31(44)37(11,12)34(46)38(13,14)32(23)47-28(21)24(27(20)41)25(39)17(5)6/h15-19,22,29,40-42H,1-14H3. The average Bonchev–Trinajstić information content (AvgIpc) is 2.96. The highest BCUT2D eigenvalue weighted by Gasteiger charge is 2.62. The molecule has 258 valence electrons. The van der Waals surface area contributed by atoms with Crippen LogP contribution in [0.3, 0.4) is 0 Å². The number of carbonyl (C=O) groups is 5. The number of benzene rings is 1. The molecule has 4 atom stereocenters. The molecule has 2 aliphatic carbocycles. The molecule has 9 nitrogen and oxygen atoms in total. The van der Waals surface area contributed by atoms with Crippen LogP contribution >= 0.6 is 0 Å². The van der Waals surface area contributed by atoms with Gasteiger partial charge >= 0.3 is 0 Å². The predicted octanol–water partition coefficient (Wildman–Crippen LogP) is 6.45. The number of Topliss-reactive ketones (excluding diaryl/α,β-unsaturated/α-hetero) is 5. The number of aliphatic hydroxyl groups is 1. The van der Waals surface area contributed by atoms with Gasteiger partial charge < -0.3 is 20.1 Å². The largest absolute Gasteiger partial charge is 0.507 e. The van der Waals surface area contributed by atoms with Crippen molar-refractivity contribution in [3.63, 3.8) is 0 Å². The van der Waals surface area contributed by atoms with Crippen LogP contribution in [0.15, 0.2) is 11.3 Å². The second-order valence-electron chi connectivity index (χ2n) is 17.0. The number of carbonyl (C=O) groups excluding carboxylic acids is 5. The van der Waals surface area contributed by atoms with E-state index in [1.54, 1.807) is 69.2 Å². The maximum Gasteiger partial charge on any atom is 0.175 e. The molecule has 3 aliphatic rings. The molecule has 47 heavy (non-hydrogen) atoms. The monoisotopic (exact) mass is 652 g/mol. The highest BCUT2D eigenvalue weighted by molar-refractivity contribution is 6.20. The zero-order valence-electron chi connectivity index (χ0n) is 30.3. The van der Waals surface area contributed by atoms with Crippen LogP contribution in [0.1, 0.15) is 130 Å². The van der Waals surface area contributed by atoms with Crippen molar-refractivity contribution >= 4 is 28.9 Å². The normalized spacial score (nSPS) is 26.8. The van der Waals surface area contributed by atoms with Crippen LogP contribution in [-0.4, -0.2) is 50.3 Å². The molecule has 1 saturated carbocycles. The summed E-state index contributed by atoms with van der Waals surface area (Å²) in [5.74, 6) is -7.97. The third-order valence-corrected chi connectivity index (χ3v) is 11.1. The third kappa shape index (κ3) is 4.85. The first-order valence-electron chi connectivity index (χ1n) is 16.7.